The van der Waals surface area contributed by atoms with Gasteiger partial charge >= 0.3 is 6.61 Å². The summed E-state index contributed by atoms with van der Waals surface area (Å²) in [7, 11) is 1.78. The Morgan fingerprint density at radius 1 is 1.11 bits per heavy atom. The molecule has 0 aliphatic carbocycles. The normalized spacial score (nSPS) is 12.1. The number of alkyl halides is 2. The maximum Gasteiger partial charge on any atom is 0.387 e. The maximum atomic E-state index is 12.4. The van der Waals surface area contributed by atoms with Gasteiger partial charge in [0.2, 0.25) is 11.8 Å². The van der Waals surface area contributed by atoms with Gasteiger partial charge in [0.05, 0.1) is 6.04 Å². The van der Waals surface area contributed by atoms with E-state index in [2.05, 4.69) is 10.1 Å². The van der Waals surface area contributed by atoms with Crippen molar-refractivity contribution in [3.63, 3.8) is 0 Å². The zero-order valence-corrected chi connectivity index (χ0v) is 15.0. The smallest absolute Gasteiger partial charge is 0.387 e. The molecule has 0 bridgehead atoms. The van der Waals surface area contributed by atoms with E-state index in [1.54, 1.807) is 38.2 Å². The SMILES string of the molecule is C[C@@H](C(=O)Nc1ccc(C(N)=O)cc1)N(C)Cc1ccc(OC(F)F)cc1. The third-order valence-corrected chi connectivity index (χ3v) is 4.06. The van der Waals surface area contributed by atoms with Crippen molar-refractivity contribution in [2.45, 2.75) is 26.1 Å². The largest absolute Gasteiger partial charge is 0.435 e. The quantitative estimate of drug-likeness (QED) is 0.741. The molecule has 1 atom stereocenters. The Labute approximate surface area is 155 Å². The lowest BCUT2D eigenvalue weighted by atomic mass is 10.1. The number of primary amides is 1. The number of carbonyl (C=O) groups excluding carboxylic acids is 2. The van der Waals surface area contributed by atoms with Crippen LogP contribution in [0.2, 0.25) is 0 Å². The fraction of sp³-hybridized carbons (Fsp3) is 0.263. The lowest BCUT2D eigenvalue weighted by Gasteiger charge is -2.24. The van der Waals surface area contributed by atoms with Gasteiger partial charge in [-0.15, -0.1) is 0 Å². The second kappa shape index (κ2) is 9.09. The third kappa shape index (κ3) is 6.03. The van der Waals surface area contributed by atoms with Crippen LogP contribution in [0, 0.1) is 0 Å². The average Bonchev–Trinajstić information content (AvgIpc) is 2.62. The van der Waals surface area contributed by atoms with Crippen LogP contribution in [-0.2, 0) is 11.3 Å². The van der Waals surface area contributed by atoms with Crippen LogP contribution in [-0.4, -0.2) is 36.4 Å². The number of amides is 2. The monoisotopic (exact) mass is 377 g/mol. The molecule has 0 aliphatic heterocycles. The van der Waals surface area contributed by atoms with E-state index in [0.717, 1.165) is 5.56 Å². The highest BCUT2D eigenvalue weighted by atomic mass is 19.3. The number of rotatable bonds is 8. The molecule has 0 aliphatic rings. The summed E-state index contributed by atoms with van der Waals surface area (Å²) in [4.78, 5) is 25.3. The fourth-order valence-corrected chi connectivity index (χ4v) is 2.37. The van der Waals surface area contributed by atoms with Crippen LogP contribution in [0.4, 0.5) is 14.5 Å². The molecule has 0 heterocycles. The van der Waals surface area contributed by atoms with E-state index in [0.29, 0.717) is 17.8 Å². The Balaban J connectivity index is 1.92. The number of nitrogens with one attached hydrogen (secondary N) is 1. The summed E-state index contributed by atoms with van der Waals surface area (Å²) in [5.74, 6) is -0.672. The van der Waals surface area contributed by atoms with Crippen LogP contribution in [0.15, 0.2) is 48.5 Å². The van der Waals surface area contributed by atoms with Gasteiger partial charge in [-0.25, -0.2) is 0 Å². The predicted molar refractivity (Wildman–Crippen MR) is 97.6 cm³/mol. The summed E-state index contributed by atoms with van der Waals surface area (Å²) in [5, 5.41) is 2.77. The van der Waals surface area contributed by atoms with Crippen LogP contribution in [0.1, 0.15) is 22.8 Å². The fourth-order valence-electron chi connectivity index (χ4n) is 2.37. The average molecular weight is 377 g/mol. The Hall–Kier alpha value is -3.00. The van der Waals surface area contributed by atoms with Gasteiger partial charge in [0.1, 0.15) is 5.75 Å². The van der Waals surface area contributed by atoms with Crippen molar-refractivity contribution >= 4 is 17.5 Å². The molecule has 0 saturated carbocycles. The number of hydrogen-bond acceptors (Lipinski definition) is 4. The summed E-state index contributed by atoms with van der Waals surface area (Å²) in [6, 6.07) is 12.1. The van der Waals surface area contributed by atoms with Gasteiger partial charge in [0.25, 0.3) is 0 Å². The predicted octanol–water partition coefficient (Wildman–Crippen LogP) is 2.85. The highest BCUT2D eigenvalue weighted by molar-refractivity contribution is 5.96. The zero-order valence-electron chi connectivity index (χ0n) is 15.0. The van der Waals surface area contributed by atoms with Crippen molar-refractivity contribution in [3.8, 4) is 5.75 Å². The van der Waals surface area contributed by atoms with E-state index in [9.17, 15) is 18.4 Å². The molecular weight excluding hydrogens is 356 g/mol. The van der Waals surface area contributed by atoms with Crippen LogP contribution in [0.3, 0.4) is 0 Å². The lowest BCUT2D eigenvalue weighted by molar-refractivity contribution is -0.120. The molecule has 0 unspecified atom stereocenters. The highest BCUT2D eigenvalue weighted by Gasteiger charge is 2.18. The van der Waals surface area contributed by atoms with E-state index in [4.69, 9.17) is 5.73 Å². The molecule has 144 valence electrons. The molecule has 3 N–H and O–H groups in total. The highest BCUT2D eigenvalue weighted by Crippen LogP contribution is 2.17. The number of ether oxygens (including phenoxy) is 1. The molecule has 8 heteroatoms. The number of halogens is 2. The van der Waals surface area contributed by atoms with E-state index >= 15 is 0 Å². The van der Waals surface area contributed by atoms with Crippen molar-refractivity contribution in [1.29, 1.82) is 0 Å². The second-order valence-electron chi connectivity index (χ2n) is 6.04. The van der Waals surface area contributed by atoms with E-state index in [-0.39, 0.29) is 11.7 Å². The molecule has 0 radical (unpaired) electrons. The first-order chi connectivity index (χ1) is 12.8. The first-order valence-electron chi connectivity index (χ1n) is 8.21. The molecular formula is C19H21F2N3O3. The minimum Gasteiger partial charge on any atom is -0.435 e. The maximum absolute atomic E-state index is 12.4. The number of hydrogen-bond donors (Lipinski definition) is 2. The van der Waals surface area contributed by atoms with Crippen LogP contribution < -0.4 is 15.8 Å². The van der Waals surface area contributed by atoms with Crippen molar-refractivity contribution in [3.05, 3.63) is 59.7 Å². The van der Waals surface area contributed by atoms with Gasteiger partial charge in [-0.05, 0) is 55.9 Å². The molecule has 2 aromatic carbocycles. The number of anilines is 1. The van der Waals surface area contributed by atoms with Gasteiger partial charge in [-0.2, -0.15) is 8.78 Å². The van der Waals surface area contributed by atoms with Crippen LogP contribution in [0.5, 0.6) is 5.75 Å². The Morgan fingerprint density at radius 2 is 1.70 bits per heavy atom. The number of carbonyl (C=O) groups is 2. The minimum atomic E-state index is -2.86. The first kappa shape index (κ1) is 20.3. The molecule has 6 nitrogen and oxygen atoms in total. The van der Waals surface area contributed by atoms with Crippen molar-refractivity contribution in [2.75, 3.05) is 12.4 Å². The summed E-state index contributed by atoms with van der Waals surface area (Å²) < 4.78 is 28.6. The van der Waals surface area contributed by atoms with Crippen molar-refractivity contribution in [2.24, 2.45) is 5.73 Å². The molecule has 0 aromatic heterocycles. The van der Waals surface area contributed by atoms with Crippen molar-refractivity contribution in [1.82, 2.24) is 4.90 Å². The topological polar surface area (TPSA) is 84.7 Å². The van der Waals surface area contributed by atoms with E-state index in [1.807, 2.05) is 4.90 Å². The molecule has 2 aromatic rings. The van der Waals surface area contributed by atoms with Crippen LogP contribution >= 0.6 is 0 Å². The van der Waals surface area contributed by atoms with Gasteiger partial charge in [-0.1, -0.05) is 12.1 Å². The molecule has 0 spiro atoms. The Bertz CT molecular complexity index is 780. The Kier molecular flexibility index (Phi) is 6.84. The molecule has 0 saturated heterocycles. The summed E-state index contributed by atoms with van der Waals surface area (Å²) in [6.07, 6.45) is 0. The molecule has 27 heavy (non-hydrogen) atoms. The van der Waals surface area contributed by atoms with Gasteiger partial charge < -0.3 is 15.8 Å². The second-order valence-corrected chi connectivity index (χ2v) is 6.04. The summed E-state index contributed by atoms with van der Waals surface area (Å²) in [5.41, 5.74) is 6.95. The van der Waals surface area contributed by atoms with Gasteiger partial charge in [0, 0.05) is 17.8 Å². The number of benzene rings is 2. The summed E-state index contributed by atoms with van der Waals surface area (Å²) in [6.45, 7) is -0.662. The number of nitrogens with zero attached hydrogens (tertiary/aromatic N) is 1. The van der Waals surface area contributed by atoms with Gasteiger partial charge in [0.15, 0.2) is 0 Å². The zero-order chi connectivity index (χ0) is 20.0. The molecule has 2 amide bonds. The third-order valence-electron chi connectivity index (χ3n) is 4.06. The van der Waals surface area contributed by atoms with E-state index < -0.39 is 18.6 Å². The van der Waals surface area contributed by atoms with Gasteiger partial charge in [-0.3, -0.25) is 14.5 Å². The first-order valence-corrected chi connectivity index (χ1v) is 8.21. The molecule has 0 fully saturated rings. The number of likely N-dealkylation sites (N-methyl/N-ethyl adjacent to an activating group) is 1. The minimum absolute atomic E-state index is 0.0848. The van der Waals surface area contributed by atoms with E-state index in [1.165, 1.54) is 24.3 Å². The molecule has 2 rings (SSSR count). The van der Waals surface area contributed by atoms with Crippen LogP contribution in [0.25, 0.3) is 0 Å². The standard InChI is InChI=1S/C19H21F2N3O3/c1-12(18(26)23-15-7-5-14(6-8-15)17(22)25)24(2)11-13-3-9-16(10-4-13)27-19(20)21/h3-10,12,19H,11H2,1-2H3,(H2,22,25)(H,23,26)/t12-/m0/s1. The number of nitrogens with two attached hydrogens (primary N) is 1. The van der Waals surface area contributed by atoms with Crippen molar-refractivity contribution < 1.29 is 23.1 Å². The lowest BCUT2D eigenvalue weighted by Crippen LogP contribution is -2.39. The Morgan fingerprint density at radius 3 is 2.22 bits per heavy atom. The summed E-state index contributed by atoms with van der Waals surface area (Å²) >= 11 is 0.